The second kappa shape index (κ2) is 13.0. The van der Waals surface area contributed by atoms with Crippen LogP contribution in [-0.4, -0.2) is 13.0 Å². The molecule has 0 aliphatic rings. The van der Waals surface area contributed by atoms with Crippen molar-refractivity contribution >= 4 is 10.1 Å². The fraction of sp³-hybridized carbons (Fsp3) is 0.429. The van der Waals surface area contributed by atoms with E-state index in [2.05, 4.69) is 6.92 Å². The smallest absolute Gasteiger partial charge is 0.869 e. The van der Waals surface area contributed by atoms with Crippen molar-refractivity contribution in [2.24, 2.45) is 0 Å². The van der Waals surface area contributed by atoms with Gasteiger partial charge in [0.1, 0.15) is 11.5 Å². The van der Waals surface area contributed by atoms with Crippen LogP contribution in [0.2, 0.25) is 0 Å². The molecule has 0 radical (unpaired) electrons. The van der Waals surface area contributed by atoms with E-state index in [9.17, 15) is 18.1 Å². The molecule has 0 atom stereocenters. The summed E-state index contributed by atoms with van der Waals surface area (Å²) in [6.07, 6.45) is 8.60. The number of hydrogen-bond acceptors (Lipinski definition) is 4. The average Bonchev–Trinajstić information content (AvgIpc) is 2.63. The summed E-state index contributed by atoms with van der Waals surface area (Å²) >= 11 is 0. The van der Waals surface area contributed by atoms with Gasteiger partial charge in [0.25, 0.3) is 10.1 Å². The molecule has 2 aromatic rings. The molecule has 0 bridgehead atoms. The third kappa shape index (κ3) is 8.53. The van der Waals surface area contributed by atoms with Gasteiger partial charge in [0.15, 0.2) is 0 Å². The number of para-hydroxylation sites is 1. The minimum atomic E-state index is -4.61. The van der Waals surface area contributed by atoms with Crippen molar-refractivity contribution < 1.29 is 74.2 Å². The van der Waals surface area contributed by atoms with Crippen LogP contribution in [-0.2, 0) is 16.5 Å². The summed E-state index contributed by atoms with van der Waals surface area (Å²) in [5, 5.41) is 12.4. The number of unbranched alkanes of at least 4 members (excludes halogenated alkanes) is 6. The molecule has 0 spiro atoms. The summed E-state index contributed by atoms with van der Waals surface area (Å²) in [5.41, 5.74) is 0.668. The first-order valence-electron chi connectivity index (χ1n) is 9.46. The number of rotatable bonds is 11. The van der Waals surface area contributed by atoms with Gasteiger partial charge in [-0.3, -0.25) is 4.55 Å². The van der Waals surface area contributed by atoms with Gasteiger partial charge in [-0.15, -0.1) is 0 Å². The molecule has 0 aromatic heterocycles. The average molecular weight is 431 g/mol. The van der Waals surface area contributed by atoms with Gasteiger partial charge in [-0.05, 0) is 48.4 Å². The first kappa shape index (κ1) is 25.6. The second-order valence-corrected chi connectivity index (χ2v) is 8.07. The third-order valence-corrected chi connectivity index (χ3v) is 5.26. The van der Waals surface area contributed by atoms with Gasteiger partial charge in [-0.2, -0.15) is 8.42 Å². The Hall–Kier alpha value is -0.414. The number of hydrogen-bond donors (Lipinski definition) is 1. The Bertz CT molecular complexity index is 822. The maximum atomic E-state index is 12.4. The molecule has 0 aliphatic carbocycles. The van der Waals surface area contributed by atoms with Gasteiger partial charge in [0, 0.05) is 0 Å². The van der Waals surface area contributed by atoms with Crippen molar-refractivity contribution in [1.29, 1.82) is 0 Å². The molecule has 148 valence electrons. The van der Waals surface area contributed by atoms with E-state index in [1.165, 1.54) is 31.7 Å². The van der Waals surface area contributed by atoms with Crippen LogP contribution in [0.1, 0.15) is 57.4 Å². The predicted molar refractivity (Wildman–Crippen MR) is 104 cm³/mol. The Morgan fingerprint density at radius 3 is 2.18 bits per heavy atom. The Morgan fingerprint density at radius 1 is 0.964 bits per heavy atom. The first-order chi connectivity index (χ1) is 12.9. The largest absolute Gasteiger partial charge is 1.00 e. The molecule has 0 fully saturated rings. The first-order valence-corrected chi connectivity index (χ1v) is 10.9. The summed E-state index contributed by atoms with van der Waals surface area (Å²) in [5.74, 6) is -0.483. The van der Waals surface area contributed by atoms with E-state index in [1.807, 2.05) is 6.07 Å². The molecule has 0 unspecified atom stereocenters. The van der Waals surface area contributed by atoms with Crippen LogP contribution >= 0.6 is 0 Å². The van der Waals surface area contributed by atoms with Gasteiger partial charge in [0.2, 0.25) is 0 Å². The van der Waals surface area contributed by atoms with E-state index in [-0.39, 0.29) is 57.1 Å². The van der Waals surface area contributed by atoms with E-state index in [4.69, 9.17) is 4.74 Å². The van der Waals surface area contributed by atoms with E-state index in [0.29, 0.717) is 17.7 Å². The van der Waals surface area contributed by atoms with Crippen LogP contribution in [0.25, 0.3) is 0 Å². The van der Waals surface area contributed by atoms with Crippen molar-refractivity contribution in [3.05, 3.63) is 48.0 Å². The quantitative estimate of drug-likeness (QED) is 0.335. The summed E-state index contributed by atoms with van der Waals surface area (Å²) in [6.45, 7) is 2.18. The number of aryl methyl sites for hydroxylation is 1. The molecule has 0 heterocycles. The van der Waals surface area contributed by atoms with Crippen LogP contribution in [0.4, 0.5) is 0 Å². The van der Waals surface area contributed by atoms with E-state index in [0.717, 1.165) is 19.3 Å². The number of benzene rings is 2. The molecule has 0 saturated heterocycles. The zero-order chi connectivity index (χ0) is 19.7. The van der Waals surface area contributed by atoms with Gasteiger partial charge >= 0.3 is 51.4 Å². The van der Waals surface area contributed by atoms with Crippen LogP contribution in [0.15, 0.2) is 47.4 Å². The van der Waals surface area contributed by atoms with Crippen LogP contribution in [0.3, 0.4) is 0 Å². The van der Waals surface area contributed by atoms with Gasteiger partial charge in [-0.25, -0.2) is 0 Å². The molecular weight excluding hydrogens is 403 g/mol. The summed E-state index contributed by atoms with van der Waals surface area (Å²) in [7, 11) is -4.61. The van der Waals surface area contributed by atoms with Crippen molar-refractivity contribution in [2.75, 3.05) is 0 Å². The van der Waals surface area contributed by atoms with Crippen LogP contribution in [0, 0.1) is 0 Å². The Labute approximate surface area is 210 Å². The molecule has 0 amide bonds. The molecule has 28 heavy (non-hydrogen) atoms. The Kier molecular flexibility index (Phi) is 11.9. The van der Waals surface area contributed by atoms with Crippen molar-refractivity contribution in [3.63, 3.8) is 0 Å². The minimum Gasteiger partial charge on any atom is -0.869 e. The summed E-state index contributed by atoms with van der Waals surface area (Å²) < 4.78 is 38.1. The van der Waals surface area contributed by atoms with Crippen LogP contribution in [0.5, 0.6) is 17.2 Å². The normalized spacial score (nSPS) is 11.1. The molecule has 5 nitrogen and oxygen atoms in total. The van der Waals surface area contributed by atoms with Gasteiger partial charge in [0.05, 0.1) is 4.90 Å². The van der Waals surface area contributed by atoms with Crippen molar-refractivity contribution in [3.8, 4) is 17.2 Å². The predicted octanol–water partition coefficient (Wildman–Crippen LogP) is 2.10. The topological polar surface area (TPSA) is 86.7 Å². The van der Waals surface area contributed by atoms with Crippen molar-refractivity contribution in [1.82, 2.24) is 0 Å². The van der Waals surface area contributed by atoms with E-state index in [1.54, 1.807) is 30.3 Å². The maximum absolute atomic E-state index is 12.4. The van der Waals surface area contributed by atoms with E-state index >= 15 is 0 Å². The molecule has 7 heteroatoms. The van der Waals surface area contributed by atoms with E-state index < -0.39 is 20.8 Å². The summed E-state index contributed by atoms with van der Waals surface area (Å²) in [4.78, 5) is -0.631. The summed E-state index contributed by atoms with van der Waals surface area (Å²) in [6, 6.07) is 11.5. The molecule has 2 rings (SSSR count). The molecule has 0 saturated carbocycles. The fourth-order valence-electron chi connectivity index (χ4n) is 2.94. The zero-order valence-electron chi connectivity index (χ0n) is 16.7. The molecule has 0 aliphatic heterocycles. The molecular formula is C21H27KO5S. The van der Waals surface area contributed by atoms with Gasteiger partial charge in [-0.1, -0.05) is 63.6 Å². The van der Waals surface area contributed by atoms with Crippen molar-refractivity contribution in [2.45, 2.75) is 63.2 Å². The number of ether oxygens (including phenoxy) is 1. The second-order valence-electron chi connectivity index (χ2n) is 6.68. The SMILES string of the molecule is CCCCCCCCCc1cc(Oc2ccccc2)c([O-])c(S(=O)(=O)O)c1.[K+]. The molecule has 2 aromatic carbocycles. The zero-order valence-corrected chi connectivity index (χ0v) is 20.6. The Morgan fingerprint density at radius 2 is 1.57 bits per heavy atom. The minimum absolute atomic E-state index is 0. The Balaban J connectivity index is 0.00000392. The maximum Gasteiger partial charge on any atom is 1.00 e. The van der Waals surface area contributed by atoms with Crippen LogP contribution < -0.4 is 61.2 Å². The fourth-order valence-corrected chi connectivity index (χ4v) is 3.58. The van der Waals surface area contributed by atoms with Gasteiger partial charge < -0.3 is 9.84 Å². The molecule has 1 N–H and O–H groups in total. The monoisotopic (exact) mass is 430 g/mol. The standard InChI is InChI=1S/C21H28O5S.K/c1-2-3-4-5-6-7-9-12-17-15-19(26-18-13-10-8-11-14-18)21(22)20(16-17)27(23,24)25;/h8,10-11,13-16,22H,2-7,9,12H2,1H3,(H,23,24,25);/q;+1/p-1. The third-order valence-electron chi connectivity index (χ3n) is 4.40.